The summed E-state index contributed by atoms with van der Waals surface area (Å²) in [5, 5.41) is 8.14. The van der Waals surface area contributed by atoms with Crippen molar-refractivity contribution >= 4 is 0 Å². The summed E-state index contributed by atoms with van der Waals surface area (Å²) in [7, 11) is 2.04. The van der Waals surface area contributed by atoms with Crippen molar-refractivity contribution in [3.8, 4) is 0 Å². The summed E-state index contributed by atoms with van der Waals surface area (Å²) in [6.07, 6.45) is 6.14. The molecule has 0 radical (unpaired) electrons. The number of aryl methyl sites for hydroxylation is 1. The van der Waals surface area contributed by atoms with E-state index in [2.05, 4.69) is 44.3 Å². The first-order chi connectivity index (χ1) is 9.02. The predicted octanol–water partition coefficient (Wildman–Crippen LogP) is 3.45. The monoisotopic (exact) mass is 263 g/mol. The second-order valence-electron chi connectivity index (χ2n) is 6.52. The van der Waals surface area contributed by atoms with Crippen molar-refractivity contribution in [3.63, 3.8) is 0 Å². The van der Waals surface area contributed by atoms with Crippen LogP contribution in [0.5, 0.6) is 0 Å². The molecule has 1 saturated carbocycles. The minimum atomic E-state index is 0.476. The molecule has 0 aliphatic heterocycles. The van der Waals surface area contributed by atoms with Gasteiger partial charge >= 0.3 is 0 Å². The molecule has 0 aromatic carbocycles. The van der Waals surface area contributed by atoms with E-state index in [1.54, 1.807) is 0 Å². The molecule has 1 N–H and O–H groups in total. The van der Waals surface area contributed by atoms with Gasteiger partial charge in [0.2, 0.25) is 0 Å². The van der Waals surface area contributed by atoms with Gasteiger partial charge in [0.1, 0.15) is 0 Å². The lowest BCUT2D eigenvalue weighted by Gasteiger charge is -2.37. The molecule has 1 aliphatic rings. The van der Waals surface area contributed by atoms with Gasteiger partial charge in [-0.25, -0.2) is 0 Å². The Bertz CT molecular complexity index is 400. The van der Waals surface area contributed by atoms with Crippen LogP contribution in [0.15, 0.2) is 6.20 Å². The molecule has 3 atom stereocenters. The maximum Gasteiger partial charge on any atom is 0.0540 e. The van der Waals surface area contributed by atoms with Gasteiger partial charge in [0.15, 0.2) is 0 Å². The molecule has 1 heterocycles. The molecule has 0 bridgehead atoms. The van der Waals surface area contributed by atoms with Gasteiger partial charge in [-0.1, -0.05) is 20.8 Å². The Balaban J connectivity index is 2.22. The molecule has 3 nitrogen and oxygen atoms in total. The summed E-state index contributed by atoms with van der Waals surface area (Å²) >= 11 is 0. The third kappa shape index (κ3) is 3.19. The SMILES string of the molecule is CCNC(c1cnn(C)c1C)C1CC(C)CC(C)C1. The van der Waals surface area contributed by atoms with E-state index in [4.69, 9.17) is 0 Å². The highest BCUT2D eigenvalue weighted by Gasteiger charge is 2.31. The number of aromatic nitrogens is 2. The zero-order valence-electron chi connectivity index (χ0n) is 13.1. The van der Waals surface area contributed by atoms with Crippen molar-refractivity contribution in [3.05, 3.63) is 17.5 Å². The van der Waals surface area contributed by atoms with E-state index in [-0.39, 0.29) is 0 Å². The Hall–Kier alpha value is -0.830. The van der Waals surface area contributed by atoms with Gasteiger partial charge < -0.3 is 5.32 Å². The van der Waals surface area contributed by atoms with Crippen LogP contribution in [0, 0.1) is 24.7 Å². The topological polar surface area (TPSA) is 29.9 Å². The van der Waals surface area contributed by atoms with Gasteiger partial charge in [0.25, 0.3) is 0 Å². The summed E-state index contributed by atoms with van der Waals surface area (Å²) in [4.78, 5) is 0. The normalized spacial score (nSPS) is 29.4. The van der Waals surface area contributed by atoms with Crippen LogP contribution in [0.3, 0.4) is 0 Å². The van der Waals surface area contributed by atoms with Crippen LogP contribution in [0.1, 0.15) is 57.3 Å². The number of nitrogens with zero attached hydrogens (tertiary/aromatic N) is 2. The second kappa shape index (κ2) is 6.08. The molecule has 108 valence electrons. The van der Waals surface area contributed by atoms with Gasteiger partial charge in [0, 0.05) is 24.3 Å². The largest absolute Gasteiger partial charge is 0.310 e. The van der Waals surface area contributed by atoms with Crippen molar-refractivity contribution in [1.82, 2.24) is 15.1 Å². The van der Waals surface area contributed by atoms with Crippen LogP contribution < -0.4 is 5.32 Å². The molecule has 0 amide bonds. The molecule has 0 spiro atoms. The number of rotatable bonds is 4. The Morgan fingerprint density at radius 1 is 1.32 bits per heavy atom. The van der Waals surface area contributed by atoms with Crippen LogP contribution in [0.4, 0.5) is 0 Å². The van der Waals surface area contributed by atoms with Crippen LogP contribution in [0.25, 0.3) is 0 Å². The lowest BCUT2D eigenvalue weighted by atomic mass is 9.72. The van der Waals surface area contributed by atoms with E-state index in [1.807, 2.05) is 11.7 Å². The standard InChI is InChI=1S/C16H29N3/c1-6-17-16(15-10-18-19(5)13(15)4)14-8-11(2)7-12(3)9-14/h10-12,14,16-17H,6-9H2,1-5H3. The van der Waals surface area contributed by atoms with E-state index < -0.39 is 0 Å². The lowest BCUT2D eigenvalue weighted by Crippen LogP contribution is -2.33. The molecule has 1 aromatic heterocycles. The first-order valence-corrected chi connectivity index (χ1v) is 7.74. The molecular weight excluding hydrogens is 234 g/mol. The summed E-state index contributed by atoms with van der Waals surface area (Å²) in [6.45, 7) is 10.2. The lowest BCUT2D eigenvalue weighted by molar-refractivity contribution is 0.177. The van der Waals surface area contributed by atoms with E-state index in [9.17, 15) is 0 Å². The van der Waals surface area contributed by atoms with E-state index in [1.165, 1.54) is 30.5 Å². The van der Waals surface area contributed by atoms with Gasteiger partial charge in [-0.05, 0) is 50.5 Å². The molecule has 1 fully saturated rings. The number of nitrogens with one attached hydrogen (secondary N) is 1. The van der Waals surface area contributed by atoms with Crippen molar-refractivity contribution in [2.45, 2.75) is 53.0 Å². The summed E-state index contributed by atoms with van der Waals surface area (Å²) in [6, 6.07) is 0.476. The van der Waals surface area contributed by atoms with Crippen molar-refractivity contribution in [2.75, 3.05) is 6.54 Å². The minimum Gasteiger partial charge on any atom is -0.310 e. The summed E-state index contributed by atoms with van der Waals surface area (Å²) in [5.74, 6) is 2.46. The van der Waals surface area contributed by atoms with Crippen LogP contribution >= 0.6 is 0 Å². The minimum absolute atomic E-state index is 0.476. The first-order valence-electron chi connectivity index (χ1n) is 7.74. The summed E-state index contributed by atoms with van der Waals surface area (Å²) in [5.41, 5.74) is 2.70. The molecule has 1 aromatic rings. The zero-order valence-corrected chi connectivity index (χ0v) is 13.1. The maximum atomic E-state index is 4.43. The highest BCUT2D eigenvalue weighted by atomic mass is 15.3. The quantitative estimate of drug-likeness (QED) is 0.901. The molecule has 3 heteroatoms. The fraction of sp³-hybridized carbons (Fsp3) is 0.812. The third-order valence-electron chi connectivity index (χ3n) is 4.72. The molecular formula is C16H29N3. The Kier molecular flexibility index (Phi) is 4.67. The smallest absolute Gasteiger partial charge is 0.0540 e. The van der Waals surface area contributed by atoms with Crippen molar-refractivity contribution in [2.24, 2.45) is 24.8 Å². The van der Waals surface area contributed by atoms with Crippen LogP contribution in [0.2, 0.25) is 0 Å². The van der Waals surface area contributed by atoms with E-state index in [0.29, 0.717) is 6.04 Å². The van der Waals surface area contributed by atoms with Gasteiger partial charge in [-0.15, -0.1) is 0 Å². The molecule has 1 aliphatic carbocycles. The molecule has 3 unspecified atom stereocenters. The number of hydrogen-bond donors (Lipinski definition) is 1. The fourth-order valence-electron chi connectivity index (χ4n) is 3.85. The molecule has 0 saturated heterocycles. The Labute approximate surface area is 117 Å². The van der Waals surface area contributed by atoms with Gasteiger partial charge in [-0.2, -0.15) is 5.10 Å². The van der Waals surface area contributed by atoms with Crippen LogP contribution in [-0.2, 0) is 7.05 Å². The van der Waals surface area contributed by atoms with Crippen LogP contribution in [-0.4, -0.2) is 16.3 Å². The number of hydrogen-bond acceptors (Lipinski definition) is 2. The van der Waals surface area contributed by atoms with Crippen molar-refractivity contribution < 1.29 is 0 Å². The third-order valence-corrected chi connectivity index (χ3v) is 4.72. The maximum absolute atomic E-state index is 4.43. The summed E-state index contributed by atoms with van der Waals surface area (Å²) < 4.78 is 2.00. The highest BCUT2D eigenvalue weighted by Crippen LogP contribution is 2.40. The van der Waals surface area contributed by atoms with E-state index >= 15 is 0 Å². The molecule has 19 heavy (non-hydrogen) atoms. The van der Waals surface area contributed by atoms with Gasteiger partial charge in [0.05, 0.1) is 6.20 Å². The highest BCUT2D eigenvalue weighted by molar-refractivity contribution is 5.21. The second-order valence-corrected chi connectivity index (χ2v) is 6.52. The fourth-order valence-corrected chi connectivity index (χ4v) is 3.85. The zero-order chi connectivity index (χ0) is 14.0. The van der Waals surface area contributed by atoms with Gasteiger partial charge in [-0.3, -0.25) is 4.68 Å². The average Bonchev–Trinajstić information content (AvgIpc) is 2.66. The van der Waals surface area contributed by atoms with E-state index in [0.717, 1.165) is 24.3 Å². The first kappa shape index (κ1) is 14.6. The average molecular weight is 263 g/mol. The molecule has 2 rings (SSSR count). The van der Waals surface area contributed by atoms with Crippen molar-refractivity contribution in [1.29, 1.82) is 0 Å². The Morgan fingerprint density at radius 3 is 2.42 bits per heavy atom. The predicted molar refractivity (Wildman–Crippen MR) is 80.0 cm³/mol. The Morgan fingerprint density at radius 2 is 1.95 bits per heavy atom.